The van der Waals surface area contributed by atoms with Crippen molar-refractivity contribution in [3.8, 4) is 0 Å². The summed E-state index contributed by atoms with van der Waals surface area (Å²) in [7, 11) is -3.69. The van der Waals surface area contributed by atoms with Crippen molar-refractivity contribution in [1.82, 2.24) is 4.98 Å². The number of rotatable bonds is 6. The number of carbonyl (C=O) groups excluding carboxylic acids is 2. The summed E-state index contributed by atoms with van der Waals surface area (Å²) >= 11 is 0. The normalized spacial score (nSPS) is 12.6. The second kappa shape index (κ2) is 6.32. The molecule has 0 N–H and O–H groups in total. The Morgan fingerprint density at radius 3 is 2.46 bits per heavy atom. The van der Waals surface area contributed by atoms with E-state index in [1.807, 2.05) is 0 Å². The van der Waals surface area contributed by atoms with Crippen molar-refractivity contribution in [2.45, 2.75) is 17.7 Å². The highest BCUT2D eigenvalue weighted by atomic mass is 32.2. The number of benzene rings is 1. The van der Waals surface area contributed by atoms with Gasteiger partial charge in [-0.25, -0.2) is 13.4 Å². The Kier molecular flexibility index (Phi) is 4.60. The van der Waals surface area contributed by atoms with Gasteiger partial charge in [-0.1, -0.05) is 0 Å². The van der Waals surface area contributed by atoms with Gasteiger partial charge in [0.05, 0.1) is 21.6 Å². The van der Waals surface area contributed by atoms with E-state index in [0.717, 1.165) is 31.4 Å². The van der Waals surface area contributed by atoms with E-state index in [1.165, 1.54) is 12.5 Å². The molecule has 0 aliphatic heterocycles. The van der Waals surface area contributed by atoms with E-state index in [2.05, 4.69) is 4.98 Å². The van der Waals surface area contributed by atoms with Crippen molar-refractivity contribution in [3.63, 3.8) is 0 Å². The Bertz CT molecular complexity index is 917. The molecule has 0 fully saturated rings. The Balaban J connectivity index is 2.60. The molecule has 0 saturated carbocycles. The molecule has 0 amide bonds. The monoisotopic (exact) mass is 352 g/mol. The number of aromatic nitrogens is 1. The lowest BCUT2D eigenvalue weighted by Crippen LogP contribution is -2.21. The fourth-order valence-corrected chi connectivity index (χ4v) is 2.75. The molecule has 10 heteroatoms. The maximum absolute atomic E-state index is 12.6. The van der Waals surface area contributed by atoms with Crippen LogP contribution in [0.5, 0.6) is 0 Å². The molecule has 1 aromatic heterocycles. The lowest BCUT2D eigenvalue weighted by atomic mass is 9.93. The van der Waals surface area contributed by atoms with E-state index in [9.17, 15) is 28.1 Å². The summed E-state index contributed by atoms with van der Waals surface area (Å²) in [6.45, 7) is 1.13. The molecule has 1 heterocycles. The highest BCUT2D eigenvalue weighted by Gasteiger charge is 2.34. The van der Waals surface area contributed by atoms with Crippen LogP contribution in [0.15, 0.2) is 40.0 Å². The van der Waals surface area contributed by atoms with Gasteiger partial charge in [0.15, 0.2) is 21.5 Å². The molecule has 0 aliphatic carbocycles. The van der Waals surface area contributed by atoms with Gasteiger partial charge in [0.2, 0.25) is 5.89 Å². The van der Waals surface area contributed by atoms with E-state index in [-0.39, 0.29) is 10.8 Å². The maximum atomic E-state index is 12.6. The molecule has 0 bridgehead atoms. The summed E-state index contributed by atoms with van der Waals surface area (Å²) in [5.41, 5.74) is -1.11. The summed E-state index contributed by atoms with van der Waals surface area (Å²) in [6.07, 6.45) is 3.29. The smallest absolute Gasteiger partial charge is 0.281 e. The number of hydrogen-bond donors (Lipinski definition) is 0. The first-order valence-electron chi connectivity index (χ1n) is 6.55. The Labute approximate surface area is 136 Å². The van der Waals surface area contributed by atoms with Gasteiger partial charge in [0.1, 0.15) is 12.0 Å². The lowest BCUT2D eigenvalue weighted by molar-refractivity contribution is -0.385. The van der Waals surface area contributed by atoms with Gasteiger partial charge < -0.3 is 4.42 Å². The van der Waals surface area contributed by atoms with Crippen molar-refractivity contribution < 1.29 is 27.3 Å². The van der Waals surface area contributed by atoms with Gasteiger partial charge in [-0.3, -0.25) is 19.7 Å². The number of oxazole rings is 1. The highest BCUT2D eigenvalue weighted by Crippen LogP contribution is 2.29. The van der Waals surface area contributed by atoms with Crippen LogP contribution in [-0.2, 0) is 14.6 Å². The first kappa shape index (κ1) is 17.5. The van der Waals surface area contributed by atoms with Gasteiger partial charge >= 0.3 is 0 Å². The minimum absolute atomic E-state index is 0.186. The van der Waals surface area contributed by atoms with E-state index < -0.39 is 43.5 Å². The zero-order valence-electron chi connectivity index (χ0n) is 12.6. The van der Waals surface area contributed by atoms with Crippen LogP contribution in [-0.4, -0.2) is 36.1 Å². The molecule has 0 radical (unpaired) electrons. The topological polar surface area (TPSA) is 137 Å². The minimum Gasteiger partial charge on any atom is -0.448 e. The van der Waals surface area contributed by atoms with E-state index in [1.54, 1.807) is 0 Å². The molecule has 0 spiro atoms. The van der Waals surface area contributed by atoms with Crippen molar-refractivity contribution in [2.75, 3.05) is 6.26 Å². The Morgan fingerprint density at radius 2 is 2.00 bits per heavy atom. The lowest BCUT2D eigenvalue weighted by Gasteiger charge is -2.10. The van der Waals surface area contributed by atoms with Crippen molar-refractivity contribution in [1.29, 1.82) is 0 Å². The van der Waals surface area contributed by atoms with Gasteiger partial charge in [-0.05, 0) is 19.1 Å². The largest absolute Gasteiger partial charge is 0.448 e. The molecule has 0 aliphatic rings. The van der Waals surface area contributed by atoms with E-state index >= 15 is 0 Å². The quantitative estimate of drug-likeness (QED) is 0.330. The number of nitro benzene ring substituents is 1. The Hall–Kier alpha value is -2.88. The van der Waals surface area contributed by atoms with Crippen LogP contribution in [0.1, 0.15) is 29.1 Å². The SMILES string of the molecule is CC(=O)C(C(=O)c1ccc(S(C)(=O)=O)cc1[N+](=O)[O-])c1ncco1. The van der Waals surface area contributed by atoms with Crippen LogP contribution >= 0.6 is 0 Å². The number of ketones is 2. The second-order valence-corrected chi connectivity index (χ2v) is 7.00. The number of hydrogen-bond acceptors (Lipinski definition) is 8. The van der Waals surface area contributed by atoms with Gasteiger partial charge in [0, 0.05) is 12.3 Å². The van der Waals surface area contributed by atoms with E-state index in [4.69, 9.17) is 4.42 Å². The van der Waals surface area contributed by atoms with E-state index in [0.29, 0.717) is 0 Å². The molecule has 0 saturated heterocycles. The molecule has 1 unspecified atom stereocenters. The molecule has 1 atom stereocenters. The number of carbonyl (C=O) groups is 2. The first-order valence-corrected chi connectivity index (χ1v) is 8.44. The van der Waals surface area contributed by atoms with Crippen LogP contribution in [0.25, 0.3) is 0 Å². The van der Waals surface area contributed by atoms with Crippen LogP contribution in [0, 0.1) is 10.1 Å². The fourth-order valence-electron chi connectivity index (χ4n) is 2.10. The third-order valence-corrected chi connectivity index (χ3v) is 4.34. The van der Waals surface area contributed by atoms with Gasteiger partial charge in [-0.15, -0.1) is 0 Å². The number of nitro groups is 1. The predicted molar refractivity (Wildman–Crippen MR) is 80.5 cm³/mol. The number of nitrogens with zero attached hydrogens (tertiary/aromatic N) is 2. The highest BCUT2D eigenvalue weighted by molar-refractivity contribution is 7.90. The maximum Gasteiger partial charge on any atom is 0.281 e. The summed E-state index contributed by atoms with van der Waals surface area (Å²) in [4.78, 5) is 38.1. The fraction of sp³-hybridized carbons (Fsp3) is 0.214. The summed E-state index contributed by atoms with van der Waals surface area (Å²) < 4.78 is 28.0. The van der Waals surface area contributed by atoms with Crippen molar-refractivity contribution in [2.24, 2.45) is 0 Å². The second-order valence-electron chi connectivity index (χ2n) is 4.99. The van der Waals surface area contributed by atoms with Crippen LogP contribution in [0.3, 0.4) is 0 Å². The van der Waals surface area contributed by atoms with Gasteiger partial charge in [0.25, 0.3) is 5.69 Å². The van der Waals surface area contributed by atoms with Gasteiger partial charge in [-0.2, -0.15) is 0 Å². The third-order valence-electron chi connectivity index (χ3n) is 3.23. The molecular weight excluding hydrogens is 340 g/mol. The molecule has 9 nitrogen and oxygen atoms in total. The standard InChI is InChI=1S/C14H12N2O7S/c1-8(17)12(14-15-5-6-23-14)13(18)10-4-3-9(24(2,21)22)7-11(10)16(19)20/h3-7,12H,1-2H3. The molecular formula is C14H12N2O7S. The Morgan fingerprint density at radius 1 is 1.33 bits per heavy atom. The first-order chi connectivity index (χ1) is 11.1. The van der Waals surface area contributed by atoms with Crippen LogP contribution in [0.4, 0.5) is 5.69 Å². The molecule has 126 valence electrons. The van der Waals surface area contributed by atoms with Crippen molar-refractivity contribution >= 4 is 27.1 Å². The van der Waals surface area contributed by atoms with Crippen LogP contribution < -0.4 is 0 Å². The molecule has 2 aromatic rings. The average molecular weight is 352 g/mol. The average Bonchev–Trinajstić information content (AvgIpc) is 2.99. The minimum atomic E-state index is -3.69. The number of sulfone groups is 1. The third kappa shape index (κ3) is 3.38. The predicted octanol–water partition coefficient (Wildman–Crippen LogP) is 1.54. The van der Waals surface area contributed by atoms with Crippen LogP contribution in [0.2, 0.25) is 0 Å². The number of Topliss-reactive ketones (excluding diaryl/α,β-unsaturated/α-hetero) is 2. The zero-order valence-corrected chi connectivity index (χ0v) is 13.4. The molecule has 24 heavy (non-hydrogen) atoms. The summed E-state index contributed by atoms with van der Waals surface area (Å²) in [5, 5.41) is 11.2. The zero-order chi connectivity index (χ0) is 18.1. The molecule has 2 rings (SSSR count). The molecule has 1 aromatic carbocycles. The summed E-state index contributed by atoms with van der Waals surface area (Å²) in [6, 6.07) is 2.87. The summed E-state index contributed by atoms with van der Waals surface area (Å²) in [5.74, 6) is -3.13. The van der Waals surface area contributed by atoms with Crippen molar-refractivity contribution in [3.05, 3.63) is 52.2 Å².